The second-order valence-electron chi connectivity index (χ2n) is 8.52. The third-order valence-electron chi connectivity index (χ3n) is 6.27. The fourth-order valence-corrected chi connectivity index (χ4v) is 4.37. The number of imidazole rings is 1. The molecule has 0 spiro atoms. The van der Waals surface area contributed by atoms with E-state index in [0.717, 1.165) is 55.0 Å². The van der Waals surface area contributed by atoms with E-state index in [9.17, 15) is 4.39 Å². The van der Waals surface area contributed by atoms with E-state index in [1.54, 1.807) is 4.68 Å². The van der Waals surface area contributed by atoms with E-state index in [4.69, 9.17) is 9.72 Å². The van der Waals surface area contributed by atoms with Crippen LogP contribution in [0.5, 0.6) is 6.01 Å². The minimum atomic E-state index is -0.223. The van der Waals surface area contributed by atoms with E-state index >= 15 is 0 Å². The molecule has 34 heavy (non-hydrogen) atoms. The van der Waals surface area contributed by atoms with Crippen molar-refractivity contribution in [2.75, 3.05) is 31.6 Å². The van der Waals surface area contributed by atoms with E-state index in [2.05, 4.69) is 36.4 Å². The topological polar surface area (TPSA) is 85.9 Å². The van der Waals surface area contributed by atoms with Crippen LogP contribution >= 0.6 is 0 Å². The van der Waals surface area contributed by atoms with Gasteiger partial charge in [-0.1, -0.05) is 29.4 Å². The van der Waals surface area contributed by atoms with Crippen molar-refractivity contribution in [1.82, 2.24) is 34.7 Å². The highest BCUT2D eigenvalue weighted by Crippen LogP contribution is 2.24. The molecule has 1 saturated heterocycles. The first kappa shape index (κ1) is 22.3. The molecule has 0 radical (unpaired) electrons. The van der Waals surface area contributed by atoms with Crippen LogP contribution in [0.25, 0.3) is 11.0 Å². The average Bonchev–Trinajstić information content (AvgIpc) is 3.46. The number of tetrazole rings is 1. The molecule has 0 bridgehead atoms. The molecule has 0 saturated carbocycles. The Morgan fingerprint density at radius 3 is 2.68 bits per heavy atom. The molecule has 2 aromatic heterocycles. The van der Waals surface area contributed by atoms with Crippen LogP contribution in [0.15, 0.2) is 48.5 Å². The Morgan fingerprint density at radius 2 is 1.88 bits per heavy atom. The van der Waals surface area contributed by atoms with Crippen LogP contribution in [0.2, 0.25) is 0 Å². The lowest BCUT2D eigenvalue weighted by atomic mass is 10.1. The van der Waals surface area contributed by atoms with Crippen LogP contribution in [0, 0.1) is 5.82 Å². The molecule has 2 aromatic carbocycles. The number of hydrogen-bond acceptors (Lipinski definition) is 7. The molecule has 1 fully saturated rings. The lowest BCUT2D eigenvalue weighted by Gasteiger charge is -2.32. The van der Waals surface area contributed by atoms with Crippen molar-refractivity contribution in [2.45, 2.75) is 38.9 Å². The van der Waals surface area contributed by atoms with Crippen LogP contribution in [-0.4, -0.2) is 66.9 Å². The van der Waals surface area contributed by atoms with Gasteiger partial charge in [0.2, 0.25) is 5.95 Å². The molecule has 0 unspecified atom stereocenters. The van der Waals surface area contributed by atoms with Gasteiger partial charge in [-0.2, -0.15) is 4.68 Å². The fourth-order valence-electron chi connectivity index (χ4n) is 4.37. The van der Waals surface area contributed by atoms with Crippen molar-refractivity contribution in [3.63, 3.8) is 0 Å². The summed E-state index contributed by atoms with van der Waals surface area (Å²) in [5.41, 5.74) is 3.06. The van der Waals surface area contributed by atoms with Crippen LogP contribution in [0.4, 0.5) is 10.3 Å². The normalized spacial score (nSPS) is 15.1. The quantitative estimate of drug-likeness (QED) is 0.407. The number of ether oxygens (including phenoxy) is 1. The number of likely N-dealkylation sites (tertiary alicyclic amines) is 1. The molecule has 1 aliphatic heterocycles. The SMILES string of the molecule is CCn1nnnc1OCCN1CCC(Nc2nc3ccccc3n2Cc2ccc(F)cc2)CC1. The molecule has 178 valence electrons. The molecular weight excluding hydrogens is 435 g/mol. The number of benzene rings is 2. The summed E-state index contributed by atoms with van der Waals surface area (Å²) in [6.07, 6.45) is 2.04. The van der Waals surface area contributed by atoms with E-state index in [1.807, 2.05) is 37.3 Å². The predicted octanol–water partition coefficient (Wildman–Crippen LogP) is 3.19. The monoisotopic (exact) mass is 464 g/mol. The van der Waals surface area contributed by atoms with Gasteiger partial charge in [0.1, 0.15) is 12.4 Å². The lowest BCUT2D eigenvalue weighted by Crippen LogP contribution is -2.41. The van der Waals surface area contributed by atoms with Gasteiger partial charge in [0.15, 0.2) is 0 Å². The Balaban J connectivity index is 1.19. The van der Waals surface area contributed by atoms with Gasteiger partial charge in [-0.3, -0.25) is 4.90 Å². The molecule has 3 heterocycles. The largest absolute Gasteiger partial charge is 0.461 e. The van der Waals surface area contributed by atoms with Crippen molar-refractivity contribution in [2.24, 2.45) is 0 Å². The van der Waals surface area contributed by atoms with Gasteiger partial charge < -0.3 is 14.6 Å². The number of para-hydroxylation sites is 2. The minimum Gasteiger partial charge on any atom is -0.461 e. The summed E-state index contributed by atoms with van der Waals surface area (Å²) < 4.78 is 22.9. The Morgan fingerprint density at radius 1 is 1.09 bits per heavy atom. The van der Waals surface area contributed by atoms with Crippen LogP contribution in [-0.2, 0) is 13.1 Å². The first-order chi connectivity index (χ1) is 16.7. The number of halogens is 1. The van der Waals surface area contributed by atoms with Gasteiger partial charge in [0.05, 0.1) is 17.6 Å². The Bertz CT molecular complexity index is 1210. The summed E-state index contributed by atoms with van der Waals surface area (Å²) in [7, 11) is 0. The second kappa shape index (κ2) is 10.2. The first-order valence-corrected chi connectivity index (χ1v) is 11.8. The van der Waals surface area contributed by atoms with Crippen molar-refractivity contribution in [3.8, 4) is 6.01 Å². The molecule has 1 N–H and O–H groups in total. The van der Waals surface area contributed by atoms with Crippen molar-refractivity contribution in [3.05, 3.63) is 59.9 Å². The van der Waals surface area contributed by atoms with Crippen LogP contribution in [0.3, 0.4) is 0 Å². The smallest absolute Gasteiger partial charge is 0.335 e. The zero-order chi connectivity index (χ0) is 23.3. The third kappa shape index (κ3) is 5.01. The highest BCUT2D eigenvalue weighted by Gasteiger charge is 2.21. The highest BCUT2D eigenvalue weighted by molar-refractivity contribution is 5.78. The van der Waals surface area contributed by atoms with E-state index in [-0.39, 0.29) is 5.82 Å². The summed E-state index contributed by atoms with van der Waals surface area (Å²) >= 11 is 0. The molecule has 0 amide bonds. The Labute approximate surface area is 197 Å². The highest BCUT2D eigenvalue weighted by atomic mass is 19.1. The summed E-state index contributed by atoms with van der Waals surface area (Å²) in [6, 6.07) is 15.6. The number of nitrogens with one attached hydrogen (secondary N) is 1. The molecule has 1 aliphatic rings. The van der Waals surface area contributed by atoms with Crippen LogP contribution < -0.4 is 10.1 Å². The number of nitrogens with zero attached hydrogens (tertiary/aromatic N) is 7. The number of piperidine rings is 1. The zero-order valence-electron chi connectivity index (χ0n) is 19.3. The Hall–Kier alpha value is -3.53. The average molecular weight is 465 g/mol. The maximum atomic E-state index is 13.4. The second-order valence-corrected chi connectivity index (χ2v) is 8.52. The number of aromatic nitrogens is 6. The van der Waals surface area contributed by atoms with E-state index in [0.29, 0.717) is 31.7 Å². The standard InChI is InChI=1S/C24H29FN8O/c1-2-33-24(28-29-30-33)34-16-15-31-13-11-20(12-14-31)26-23-27-21-5-3-4-6-22(21)32(23)17-18-7-9-19(25)10-8-18/h3-10,20H,2,11-17H2,1H3,(H,26,27). The molecule has 10 heteroatoms. The predicted molar refractivity (Wildman–Crippen MR) is 127 cm³/mol. The number of rotatable bonds is 9. The van der Waals surface area contributed by atoms with Gasteiger partial charge in [-0.05, 0) is 60.0 Å². The van der Waals surface area contributed by atoms with Crippen molar-refractivity contribution < 1.29 is 9.13 Å². The molecule has 5 rings (SSSR count). The minimum absolute atomic E-state index is 0.223. The number of anilines is 1. The van der Waals surface area contributed by atoms with Gasteiger partial charge in [-0.15, -0.1) is 0 Å². The molecule has 0 atom stereocenters. The maximum Gasteiger partial charge on any atom is 0.335 e. The number of fused-ring (bicyclic) bond motifs is 1. The van der Waals surface area contributed by atoms with Gasteiger partial charge in [0, 0.05) is 32.2 Å². The molecule has 9 nitrogen and oxygen atoms in total. The summed E-state index contributed by atoms with van der Waals surface area (Å²) in [5, 5.41) is 15.1. The first-order valence-electron chi connectivity index (χ1n) is 11.8. The van der Waals surface area contributed by atoms with E-state index < -0.39 is 0 Å². The fraction of sp³-hybridized carbons (Fsp3) is 0.417. The Kier molecular flexibility index (Phi) is 6.66. The number of hydrogen-bond donors (Lipinski definition) is 1. The zero-order valence-corrected chi connectivity index (χ0v) is 19.3. The van der Waals surface area contributed by atoms with Gasteiger partial charge in [-0.25, -0.2) is 9.37 Å². The molecule has 4 aromatic rings. The van der Waals surface area contributed by atoms with E-state index in [1.165, 1.54) is 12.1 Å². The summed E-state index contributed by atoms with van der Waals surface area (Å²) in [6.45, 7) is 6.67. The van der Waals surface area contributed by atoms with Gasteiger partial charge in [0.25, 0.3) is 0 Å². The van der Waals surface area contributed by atoms with Crippen LogP contribution in [0.1, 0.15) is 25.3 Å². The molecular formula is C24H29FN8O. The summed E-state index contributed by atoms with van der Waals surface area (Å²) in [4.78, 5) is 7.26. The van der Waals surface area contributed by atoms with Gasteiger partial charge >= 0.3 is 6.01 Å². The van der Waals surface area contributed by atoms with Crippen molar-refractivity contribution in [1.29, 1.82) is 0 Å². The lowest BCUT2D eigenvalue weighted by molar-refractivity contribution is 0.168. The third-order valence-corrected chi connectivity index (χ3v) is 6.27. The maximum absolute atomic E-state index is 13.4. The van der Waals surface area contributed by atoms with Crippen molar-refractivity contribution >= 4 is 17.0 Å². The molecule has 0 aliphatic carbocycles. The summed E-state index contributed by atoms with van der Waals surface area (Å²) in [5.74, 6) is 0.636. The number of aryl methyl sites for hydroxylation is 1.